The Morgan fingerprint density at radius 3 is 2.45 bits per heavy atom. The topological polar surface area (TPSA) is 46.5 Å². The Bertz CT molecular complexity index is 422. The van der Waals surface area contributed by atoms with Gasteiger partial charge in [0.15, 0.2) is 6.61 Å². The van der Waals surface area contributed by atoms with Crippen LogP contribution in [0.25, 0.3) is 0 Å². The van der Waals surface area contributed by atoms with Crippen LogP contribution < -0.4 is 0 Å². The lowest BCUT2D eigenvalue weighted by molar-refractivity contribution is -0.218. The Morgan fingerprint density at radius 1 is 1.27 bits per heavy atom. The zero-order chi connectivity index (χ0) is 16.0. The summed E-state index contributed by atoms with van der Waals surface area (Å²) in [7, 11) is 0. The van der Waals surface area contributed by atoms with E-state index in [0.717, 1.165) is 38.5 Å². The summed E-state index contributed by atoms with van der Waals surface area (Å²) in [4.78, 5) is 12.4. The van der Waals surface area contributed by atoms with Crippen molar-refractivity contribution in [1.82, 2.24) is 0 Å². The van der Waals surface area contributed by atoms with Crippen LogP contribution in [0.5, 0.6) is 0 Å². The van der Waals surface area contributed by atoms with Crippen molar-refractivity contribution < 1.29 is 23.4 Å². The third-order valence-corrected chi connectivity index (χ3v) is 6.31. The molecule has 3 nitrogen and oxygen atoms in total. The van der Waals surface area contributed by atoms with Gasteiger partial charge in [-0.1, -0.05) is 19.8 Å². The van der Waals surface area contributed by atoms with Gasteiger partial charge in [0, 0.05) is 0 Å². The van der Waals surface area contributed by atoms with Crippen molar-refractivity contribution in [1.29, 1.82) is 0 Å². The van der Waals surface area contributed by atoms with Gasteiger partial charge in [0.1, 0.15) is 0 Å². The molecule has 4 rings (SSSR count). The molecule has 4 fully saturated rings. The molecule has 0 heterocycles. The van der Waals surface area contributed by atoms with E-state index in [2.05, 4.69) is 6.92 Å². The van der Waals surface area contributed by atoms with Crippen molar-refractivity contribution >= 4 is 5.97 Å². The predicted octanol–water partition coefficient (Wildman–Crippen LogP) is 3.54. The fourth-order valence-electron chi connectivity index (χ4n) is 5.49. The molecule has 22 heavy (non-hydrogen) atoms. The molecule has 126 valence electrons. The number of carbonyl (C=O) groups is 1. The Morgan fingerprint density at radius 2 is 1.91 bits per heavy atom. The highest BCUT2D eigenvalue weighted by atomic mass is 19.3. The summed E-state index contributed by atoms with van der Waals surface area (Å²) in [6, 6.07) is 0. The van der Waals surface area contributed by atoms with Crippen molar-refractivity contribution in [2.45, 2.75) is 70.3 Å². The summed E-state index contributed by atoms with van der Waals surface area (Å²) < 4.78 is 29.5. The molecule has 2 atom stereocenters. The molecular formula is C17H26F2O3. The predicted molar refractivity (Wildman–Crippen MR) is 77.4 cm³/mol. The highest BCUT2D eigenvalue weighted by Gasteiger charge is 2.64. The van der Waals surface area contributed by atoms with Crippen molar-refractivity contribution in [2.75, 3.05) is 6.61 Å². The summed E-state index contributed by atoms with van der Waals surface area (Å²) in [6.45, 7) is 1.31. The molecule has 0 aliphatic heterocycles. The van der Waals surface area contributed by atoms with E-state index in [9.17, 15) is 18.7 Å². The second kappa shape index (κ2) is 5.73. The normalized spacial score (nSPS) is 42.9. The Kier molecular flexibility index (Phi) is 4.21. The van der Waals surface area contributed by atoms with Gasteiger partial charge in [-0.25, -0.2) is 8.78 Å². The van der Waals surface area contributed by atoms with Crippen LogP contribution in [-0.2, 0) is 9.53 Å². The molecule has 0 aromatic carbocycles. The smallest absolute Gasteiger partial charge is 0.312 e. The maximum atomic E-state index is 12.4. The minimum Gasteiger partial charge on any atom is -0.459 e. The van der Waals surface area contributed by atoms with E-state index in [1.807, 2.05) is 0 Å². The van der Waals surface area contributed by atoms with Gasteiger partial charge in [0.2, 0.25) is 0 Å². The first-order chi connectivity index (χ1) is 10.4. The minimum atomic E-state index is -2.61. The fourth-order valence-corrected chi connectivity index (χ4v) is 5.49. The Balaban J connectivity index is 1.75. The molecule has 1 N–H and O–H groups in total. The molecule has 2 unspecified atom stereocenters. The molecule has 0 aromatic heterocycles. The number of hydrogen-bond acceptors (Lipinski definition) is 3. The highest BCUT2D eigenvalue weighted by Crippen LogP contribution is 2.64. The summed E-state index contributed by atoms with van der Waals surface area (Å²) in [5, 5.41) is 11.2. The van der Waals surface area contributed by atoms with Crippen LogP contribution in [0.3, 0.4) is 0 Å². The third kappa shape index (κ3) is 2.55. The molecule has 0 aromatic rings. The van der Waals surface area contributed by atoms with E-state index >= 15 is 0 Å². The van der Waals surface area contributed by atoms with Crippen LogP contribution in [0.15, 0.2) is 0 Å². The number of esters is 1. The van der Waals surface area contributed by atoms with E-state index in [1.165, 1.54) is 0 Å². The van der Waals surface area contributed by atoms with Gasteiger partial charge in [-0.2, -0.15) is 0 Å². The Hall–Kier alpha value is -0.710. The van der Waals surface area contributed by atoms with Crippen LogP contribution in [0.1, 0.15) is 58.3 Å². The maximum absolute atomic E-state index is 12.4. The molecule has 0 spiro atoms. The van der Waals surface area contributed by atoms with Gasteiger partial charge in [0.25, 0.3) is 6.43 Å². The van der Waals surface area contributed by atoms with E-state index in [4.69, 9.17) is 4.74 Å². The van der Waals surface area contributed by atoms with Crippen LogP contribution in [-0.4, -0.2) is 29.7 Å². The lowest BCUT2D eigenvalue weighted by atomic mass is 9.44. The van der Waals surface area contributed by atoms with Gasteiger partial charge in [-0.15, -0.1) is 0 Å². The zero-order valence-electron chi connectivity index (χ0n) is 13.2. The number of halogens is 2. The number of hydrogen-bond donors (Lipinski definition) is 1. The van der Waals surface area contributed by atoms with Gasteiger partial charge in [0.05, 0.1) is 11.0 Å². The number of ether oxygens (including phenoxy) is 1. The highest BCUT2D eigenvalue weighted by molar-refractivity contribution is 5.77. The number of rotatable bonds is 6. The first-order valence-electron chi connectivity index (χ1n) is 8.57. The lowest BCUT2D eigenvalue weighted by Gasteiger charge is -2.62. The van der Waals surface area contributed by atoms with Crippen molar-refractivity contribution in [2.24, 2.45) is 23.2 Å². The van der Waals surface area contributed by atoms with Crippen LogP contribution in [0.2, 0.25) is 0 Å². The van der Waals surface area contributed by atoms with Crippen LogP contribution in [0, 0.1) is 23.2 Å². The first-order valence-corrected chi connectivity index (χ1v) is 8.57. The van der Waals surface area contributed by atoms with E-state index < -0.39 is 30.0 Å². The number of aliphatic hydroxyl groups is 1. The quantitative estimate of drug-likeness (QED) is 0.762. The minimum absolute atomic E-state index is 0.129. The molecule has 0 radical (unpaired) electrons. The van der Waals surface area contributed by atoms with E-state index in [1.54, 1.807) is 0 Å². The van der Waals surface area contributed by atoms with Crippen molar-refractivity contribution in [3.63, 3.8) is 0 Å². The molecule has 4 aliphatic rings. The average Bonchev–Trinajstić information content (AvgIpc) is 2.47. The van der Waals surface area contributed by atoms with Crippen molar-refractivity contribution in [3.8, 4) is 0 Å². The molecule has 4 saturated carbocycles. The molecule has 4 aliphatic carbocycles. The molecule has 5 heteroatoms. The summed E-state index contributed by atoms with van der Waals surface area (Å²) in [5.74, 6) is 0.247. The Labute approximate surface area is 130 Å². The summed E-state index contributed by atoms with van der Waals surface area (Å²) in [5.41, 5.74) is -1.26. The summed E-state index contributed by atoms with van der Waals surface area (Å²) >= 11 is 0. The summed E-state index contributed by atoms with van der Waals surface area (Å²) in [6.07, 6.45) is 4.16. The van der Waals surface area contributed by atoms with Crippen LogP contribution >= 0.6 is 0 Å². The SMILES string of the molecule is CCCCC1(O)C2CC3CC1CC(C(=O)OCC(F)F)(C3)C2. The molecule has 0 saturated heterocycles. The molecular weight excluding hydrogens is 290 g/mol. The van der Waals surface area contributed by atoms with Gasteiger partial charge < -0.3 is 9.84 Å². The van der Waals surface area contributed by atoms with Crippen LogP contribution in [0.4, 0.5) is 8.78 Å². The maximum Gasteiger partial charge on any atom is 0.312 e. The first kappa shape index (κ1) is 16.2. The lowest BCUT2D eigenvalue weighted by Crippen LogP contribution is -2.63. The standard InChI is InChI=1S/C17H26F2O3/c1-2-3-4-17(21)12-5-11-6-13(17)9-16(7-11,8-12)15(20)22-10-14(18)19/h11-14,21H,2-10H2,1H3. The van der Waals surface area contributed by atoms with E-state index in [0.29, 0.717) is 18.8 Å². The largest absolute Gasteiger partial charge is 0.459 e. The molecule has 0 amide bonds. The van der Waals surface area contributed by atoms with Gasteiger partial charge in [-0.3, -0.25) is 4.79 Å². The number of alkyl halides is 2. The van der Waals surface area contributed by atoms with Gasteiger partial charge in [-0.05, 0) is 56.3 Å². The monoisotopic (exact) mass is 316 g/mol. The van der Waals surface area contributed by atoms with Gasteiger partial charge >= 0.3 is 5.97 Å². The average molecular weight is 316 g/mol. The second-order valence-corrected chi connectivity index (χ2v) is 7.71. The fraction of sp³-hybridized carbons (Fsp3) is 0.941. The van der Waals surface area contributed by atoms with Crippen molar-refractivity contribution in [3.05, 3.63) is 0 Å². The zero-order valence-corrected chi connectivity index (χ0v) is 13.2. The third-order valence-electron chi connectivity index (χ3n) is 6.31. The van der Waals surface area contributed by atoms with E-state index in [-0.39, 0.29) is 11.8 Å². The number of carbonyl (C=O) groups excluding carboxylic acids is 1. The number of unbranched alkanes of at least 4 members (excludes halogenated alkanes) is 1. The molecule has 4 bridgehead atoms. The second-order valence-electron chi connectivity index (χ2n) is 7.71.